The molecule has 16 heavy (non-hydrogen) atoms. The van der Waals surface area contributed by atoms with Crippen LogP contribution in [0, 0.1) is 0 Å². The maximum Gasteiger partial charge on any atom is -0.00698 e. The Morgan fingerprint density at radius 3 is 2.50 bits per heavy atom. The van der Waals surface area contributed by atoms with Crippen molar-refractivity contribution in [3.05, 3.63) is 54.1 Å². The van der Waals surface area contributed by atoms with Crippen LogP contribution in [0.25, 0.3) is 5.57 Å². The number of benzene rings is 1. The normalized spacial score (nSPS) is 11.5. The average molecular weight is 214 g/mol. The molecule has 0 unspecified atom stereocenters. The predicted octanol–water partition coefficient (Wildman–Crippen LogP) is 5.23. The van der Waals surface area contributed by atoms with Crippen LogP contribution in [-0.2, 0) is 0 Å². The number of hydrogen-bond acceptors (Lipinski definition) is 0. The maximum atomic E-state index is 4.01. The largest absolute Gasteiger partial charge is 0.0998 e. The molecule has 0 aliphatic heterocycles. The summed E-state index contributed by atoms with van der Waals surface area (Å²) in [5.41, 5.74) is 3.98. The van der Waals surface area contributed by atoms with Gasteiger partial charge in [0.05, 0.1) is 0 Å². The minimum absolute atomic E-state index is 0.994. The lowest BCUT2D eigenvalue weighted by Crippen LogP contribution is -1.86. The third-order valence-electron chi connectivity index (χ3n) is 2.59. The Morgan fingerprint density at radius 2 is 1.94 bits per heavy atom. The molecule has 0 aromatic heterocycles. The van der Waals surface area contributed by atoms with Crippen molar-refractivity contribution in [2.75, 3.05) is 0 Å². The van der Waals surface area contributed by atoms with Crippen LogP contribution in [-0.4, -0.2) is 0 Å². The van der Waals surface area contributed by atoms with Crippen LogP contribution in [0.2, 0.25) is 0 Å². The monoisotopic (exact) mass is 214 g/mol. The van der Waals surface area contributed by atoms with Gasteiger partial charge in [0.25, 0.3) is 0 Å². The zero-order valence-corrected chi connectivity index (χ0v) is 10.5. The van der Waals surface area contributed by atoms with E-state index in [0.29, 0.717) is 0 Å². The van der Waals surface area contributed by atoms with E-state index in [1.54, 1.807) is 0 Å². The second-order valence-electron chi connectivity index (χ2n) is 4.37. The standard InChI is InChI=1S/C16H22/c1-4-5-7-12-16(13-14(2)3)15-10-8-6-9-11-15/h6,8-12H,2,4-5,7,13H2,1,3H3/b16-12-. The van der Waals surface area contributed by atoms with Crippen LogP contribution >= 0.6 is 0 Å². The molecule has 1 aromatic carbocycles. The van der Waals surface area contributed by atoms with Gasteiger partial charge in [-0.1, -0.05) is 68.3 Å². The summed E-state index contributed by atoms with van der Waals surface area (Å²) in [6, 6.07) is 10.6. The van der Waals surface area contributed by atoms with Gasteiger partial charge in [0.15, 0.2) is 0 Å². The third kappa shape index (κ3) is 4.48. The Balaban J connectivity index is 2.79. The van der Waals surface area contributed by atoms with Gasteiger partial charge in [-0.25, -0.2) is 0 Å². The van der Waals surface area contributed by atoms with Crippen LogP contribution in [0.3, 0.4) is 0 Å². The number of hydrogen-bond donors (Lipinski definition) is 0. The van der Waals surface area contributed by atoms with Crippen molar-refractivity contribution in [2.24, 2.45) is 0 Å². The van der Waals surface area contributed by atoms with E-state index < -0.39 is 0 Å². The van der Waals surface area contributed by atoms with Crippen molar-refractivity contribution in [2.45, 2.75) is 39.5 Å². The SMILES string of the molecule is C=C(C)C/C(=C/CCCC)c1ccccc1. The number of allylic oxidation sites excluding steroid dienone is 3. The van der Waals surface area contributed by atoms with Crippen molar-refractivity contribution in [3.8, 4) is 0 Å². The second-order valence-corrected chi connectivity index (χ2v) is 4.37. The second kappa shape index (κ2) is 7.05. The first-order valence-electron chi connectivity index (χ1n) is 6.13. The lowest BCUT2D eigenvalue weighted by Gasteiger charge is -2.08. The van der Waals surface area contributed by atoms with Crippen LogP contribution in [0.4, 0.5) is 0 Å². The molecule has 0 spiro atoms. The van der Waals surface area contributed by atoms with Gasteiger partial charge in [-0.2, -0.15) is 0 Å². The Bertz CT molecular complexity index is 344. The molecule has 0 N–H and O–H groups in total. The Morgan fingerprint density at radius 1 is 1.25 bits per heavy atom. The first kappa shape index (κ1) is 12.8. The molecule has 0 heterocycles. The summed E-state index contributed by atoms with van der Waals surface area (Å²) in [6.07, 6.45) is 7.06. The molecule has 0 saturated heterocycles. The van der Waals surface area contributed by atoms with E-state index in [9.17, 15) is 0 Å². The summed E-state index contributed by atoms with van der Waals surface area (Å²) in [7, 11) is 0. The maximum absolute atomic E-state index is 4.01. The van der Waals surface area contributed by atoms with Gasteiger partial charge >= 0.3 is 0 Å². The predicted molar refractivity (Wildman–Crippen MR) is 73.4 cm³/mol. The highest BCUT2D eigenvalue weighted by Gasteiger charge is 2.00. The fourth-order valence-electron chi connectivity index (χ4n) is 1.75. The molecule has 0 bridgehead atoms. The molecule has 0 atom stereocenters. The van der Waals surface area contributed by atoms with E-state index in [1.165, 1.54) is 36.0 Å². The average Bonchev–Trinajstić information content (AvgIpc) is 2.29. The Kier molecular flexibility index (Phi) is 5.63. The Labute approximate surface area is 99.7 Å². The highest BCUT2D eigenvalue weighted by atomic mass is 14.1. The van der Waals surface area contributed by atoms with Crippen LogP contribution in [0.5, 0.6) is 0 Å². The van der Waals surface area contributed by atoms with E-state index in [-0.39, 0.29) is 0 Å². The van der Waals surface area contributed by atoms with Crippen molar-refractivity contribution >= 4 is 5.57 Å². The molecule has 0 aliphatic rings. The van der Waals surface area contributed by atoms with E-state index >= 15 is 0 Å². The topological polar surface area (TPSA) is 0 Å². The van der Waals surface area contributed by atoms with Crippen LogP contribution in [0.15, 0.2) is 48.6 Å². The van der Waals surface area contributed by atoms with Gasteiger partial charge in [-0.05, 0) is 30.9 Å². The summed E-state index contributed by atoms with van der Waals surface area (Å²) in [4.78, 5) is 0. The molecule has 86 valence electrons. The minimum Gasteiger partial charge on any atom is -0.0998 e. The summed E-state index contributed by atoms with van der Waals surface area (Å²) in [5.74, 6) is 0. The lowest BCUT2D eigenvalue weighted by molar-refractivity contribution is 0.814. The summed E-state index contributed by atoms with van der Waals surface area (Å²) in [6.45, 7) is 8.33. The third-order valence-corrected chi connectivity index (χ3v) is 2.59. The molecule has 1 rings (SSSR count). The van der Waals surface area contributed by atoms with Crippen molar-refractivity contribution in [1.29, 1.82) is 0 Å². The van der Waals surface area contributed by atoms with Gasteiger partial charge in [-0.3, -0.25) is 0 Å². The summed E-state index contributed by atoms with van der Waals surface area (Å²) in [5, 5.41) is 0. The fourth-order valence-corrected chi connectivity index (χ4v) is 1.75. The molecular weight excluding hydrogens is 192 g/mol. The van der Waals surface area contributed by atoms with Gasteiger partial charge in [0, 0.05) is 0 Å². The fraction of sp³-hybridized carbons (Fsp3) is 0.375. The molecular formula is C16H22. The van der Waals surface area contributed by atoms with Gasteiger partial charge < -0.3 is 0 Å². The highest BCUT2D eigenvalue weighted by Crippen LogP contribution is 2.22. The first-order valence-corrected chi connectivity index (χ1v) is 6.13. The molecule has 0 nitrogen and oxygen atoms in total. The molecule has 0 heteroatoms. The van der Waals surface area contributed by atoms with Crippen molar-refractivity contribution < 1.29 is 0 Å². The Hall–Kier alpha value is -1.30. The van der Waals surface area contributed by atoms with Crippen molar-refractivity contribution in [1.82, 2.24) is 0 Å². The van der Waals surface area contributed by atoms with E-state index in [1.807, 2.05) is 0 Å². The van der Waals surface area contributed by atoms with Gasteiger partial charge in [0.2, 0.25) is 0 Å². The lowest BCUT2D eigenvalue weighted by atomic mass is 9.98. The quantitative estimate of drug-likeness (QED) is 0.449. The summed E-state index contributed by atoms with van der Waals surface area (Å²) >= 11 is 0. The molecule has 1 aromatic rings. The van der Waals surface area contributed by atoms with Crippen molar-refractivity contribution in [3.63, 3.8) is 0 Å². The van der Waals surface area contributed by atoms with Crippen LogP contribution < -0.4 is 0 Å². The molecule has 0 radical (unpaired) electrons. The van der Waals surface area contributed by atoms with E-state index in [2.05, 4.69) is 56.8 Å². The highest BCUT2D eigenvalue weighted by molar-refractivity contribution is 5.67. The smallest absolute Gasteiger partial charge is 0.00698 e. The molecule has 0 fully saturated rings. The number of rotatable bonds is 6. The van der Waals surface area contributed by atoms with Gasteiger partial charge in [0.1, 0.15) is 0 Å². The molecule has 0 amide bonds. The molecule has 0 saturated carbocycles. The van der Waals surface area contributed by atoms with E-state index in [4.69, 9.17) is 0 Å². The first-order chi connectivity index (χ1) is 7.74. The molecule has 0 aliphatic carbocycles. The zero-order valence-electron chi connectivity index (χ0n) is 10.5. The van der Waals surface area contributed by atoms with E-state index in [0.717, 1.165) is 6.42 Å². The summed E-state index contributed by atoms with van der Waals surface area (Å²) < 4.78 is 0. The number of unbranched alkanes of at least 4 members (excludes halogenated alkanes) is 2. The van der Waals surface area contributed by atoms with Gasteiger partial charge in [-0.15, -0.1) is 0 Å². The zero-order chi connectivity index (χ0) is 11.8. The minimum atomic E-state index is 0.994. The van der Waals surface area contributed by atoms with Crippen LogP contribution in [0.1, 0.15) is 45.1 Å².